The fourth-order valence-corrected chi connectivity index (χ4v) is 4.20. The van der Waals surface area contributed by atoms with E-state index in [-0.39, 0.29) is 0 Å². The van der Waals surface area contributed by atoms with Gasteiger partial charge in [0.1, 0.15) is 15.0 Å². The van der Waals surface area contributed by atoms with Gasteiger partial charge in [0.05, 0.1) is 0 Å². The van der Waals surface area contributed by atoms with E-state index in [1.807, 2.05) is 6.07 Å². The summed E-state index contributed by atoms with van der Waals surface area (Å²) in [6.07, 6.45) is 0.847. The second-order valence-electron chi connectivity index (χ2n) is 5.71. The van der Waals surface area contributed by atoms with Crippen LogP contribution in [-0.2, 0) is 6.42 Å². The standard InChI is InChI=1S/C17H16N6S/c1-9-12(8-11-6-4-3-5-7-11)10(2)19-17-13(9)14-15(24-17)16(20-18)22-23-21-14/h3-7H,8,18H2,1-2H3,(H,20,21,22). The lowest BCUT2D eigenvalue weighted by molar-refractivity contribution is 0.898. The highest BCUT2D eigenvalue weighted by Gasteiger charge is 2.18. The van der Waals surface area contributed by atoms with Crippen LogP contribution < -0.4 is 11.3 Å². The van der Waals surface area contributed by atoms with Crippen LogP contribution in [0.2, 0.25) is 0 Å². The quantitative estimate of drug-likeness (QED) is 0.441. The molecule has 1 aromatic carbocycles. The topological polar surface area (TPSA) is 89.6 Å². The lowest BCUT2D eigenvalue weighted by Crippen LogP contribution is -2.09. The van der Waals surface area contributed by atoms with Crippen molar-refractivity contribution in [3.8, 4) is 0 Å². The third-order valence-corrected chi connectivity index (χ3v) is 5.34. The Morgan fingerprint density at radius 3 is 2.67 bits per heavy atom. The first-order valence-electron chi connectivity index (χ1n) is 7.61. The van der Waals surface area contributed by atoms with Crippen molar-refractivity contribution < 1.29 is 0 Å². The molecule has 4 rings (SSSR count). The fraction of sp³-hybridized carbons (Fsp3) is 0.176. The van der Waals surface area contributed by atoms with Gasteiger partial charge in [-0.1, -0.05) is 30.3 Å². The molecule has 3 N–H and O–H groups in total. The SMILES string of the molecule is Cc1nc2sc3c(NN)nnnc3c2c(C)c1Cc1ccccc1. The molecule has 0 amide bonds. The average molecular weight is 336 g/mol. The predicted molar refractivity (Wildman–Crippen MR) is 97.0 cm³/mol. The molecule has 3 aromatic heterocycles. The maximum absolute atomic E-state index is 5.54. The van der Waals surface area contributed by atoms with Crippen LogP contribution in [-0.4, -0.2) is 20.4 Å². The van der Waals surface area contributed by atoms with Gasteiger partial charge in [-0.3, -0.25) is 0 Å². The number of benzene rings is 1. The number of nitrogen functional groups attached to an aromatic ring is 1. The average Bonchev–Trinajstić information content (AvgIpc) is 2.97. The third-order valence-electron chi connectivity index (χ3n) is 4.26. The van der Waals surface area contributed by atoms with Crippen molar-refractivity contribution in [2.75, 3.05) is 5.43 Å². The van der Waals surface area contributed by atoms with E-state index in [9.17, 15) is 0 Å². The van der Waals surface area contributed by atoms with E-state index in [0.29, 0.717) is 5.82 Å². The number of rotatable bonds is 3. The van der Waals surface area contributed by atoms with Gasteiger partial charge in [-0.15, -0.1) is 21.5 Å². The largest absolute Gasteiger partial charge is 0.306 e. The number of nitrogens with two attached hydrogens (primary N) is 1. The van der Waals surface area contributed by atoms with E-state index in [1.54, 1.807) is 0 Å². The number of aromatic nitrogens is 4. The number of thiophene rings is 1. The zero-order chi connectivity index (χ0) is 16.7. The lowest BCUT2D eigenvalue weighted by Gasteiger charge is -2.10. The van der Waals surface area contributed by atoms with Crippen LogP contribution in [0.1, 0.15) is 22.4 Å². The van der Waals surface area contributed by atoms with E-state index < -0.39 is 0 Å². The molecule has 4 aromatic rings. The molecular weight excluding hydrogens is 320 g/mol. The minimum atomic E-state index is 0.532. The first kappa shape index (κ1) is 14.9. The Balaban J connectivity index is 1.97. The number of pyridine rings is 1. The zero-order valence-corrected chi connectivity index (χ0v) is 14.2. The normalized spacial score (nSPS) is 11.3. The second-order valence-corrected chi connectivity index (χ2v) is 6.70. The number of anilines is 1. The van der Waals surface area contributed by atoms with Crippen molar-refractivity contribution in [2.45, 2.75) is 20.3 Å². The monoisotopic (exact) mass is 336 g/mol. The molecule has 0 aliphatic heterocycles. The molecule has 3 heterocycles. The van der Waals surface area contributed by atoms with E-state index in [4.69, 9.17) is 10.8 Å². The van der Waals surface area contributed by atoms with Crippen LogP contribution >= 0.6 is 11.3 Å². The molecule has 0 fully saturated rings. The maximum Gasteiger partial charge on any atom is 0.184 e. The molecule has 0 saturated carbocycles. The molecule has 120 valence electrons. The van der Waals surface area contributed by atoms with Crippen LogP contribution in [0, 0.1) is 13.8 Å². The molecule has 0 atom stereocenters. The van der Waals surface area contributed by atoms with Gasteiger partial charge < -0.3 is 5.43 Å². The third kappa shape index (κ3) is 2.29. The molecule has 0 unspecified atom stereocenters. The molecule has 24 heavy (non-hydrogen) atoms. The van der Waals surface area contributed by atoms with Crippen molar-refractivity contribution in [3.63, 3.8) is 0 Å². The first-order valence-corrected chi connectivity index (χ1v) is 8.43. The molecule has 7 heteroatoms. The van der Waals surface area contributed by atoms with Gasteiger partial charge in [0.15, 0.2) is 5.82 Å². The predicted octanol–water partition coefficient (Wildman–Crippen LogP) is 3.13. The number of aryl methyl sites for hydroxylation is 2. The summed E-state index contributed by atoms with van der Waals surface area (Å²) >= 11 is 1.54. The van der Waals surface area contributed by atoms with Crippen molar-refractivity contribution in [3.05, 3.63) is 52.7 Å². The van der Waals surface area contributed by atoms with Gasteiger partial charge >= 0.3 is 0 Å². The molecule has 6 nitrogen and oxygen atoms in total. The van der Waals surface area contributed by atoms with Crippen LogP contribution in [0.15, 0.2) is 30.3 Å². The number of hydrogen-bond acceptors (Lipinski definition) is 7. The summed E-state index contributed by atoms with van der Waals surface area (Å²) < 4.78 is 0.884. The molecule has 0 spiro atoms. The van der Waals surface area contributed by atoms with E-state index >= 15 is 0 Å². The maximum atomic E-state index is 5.54. The minimum Gasteiger partial charge on any atom is -0.306 e. The van der Waals surface area contributed by atoms with Gasteiger partial charge in [-0.2, -0.15) is 0 Å². The highest BCUT2D eigenvalue weighted by atomic mass is 32.1. The minimum absolute atomic E-state index is 0.532. The molecule has 0 radical (unpaired) electrons. The molecule has 0 bridgehead atoms. The lowest BCUT2D eigenvalue weighted by atomic mass is 9.97. The molecule has 0 aliphatic carbocycles. The fourth-order valence-electron chi connectivity index (χ4n) is 3.04. The van der Waals surface area contributed by atoms with Gasteiger partial charge in [-0.25, -0.2) is 10.8 Å². The Labute approximate surface area is 142 Å². The van der Waals surface area contributed by atoms with Gasteiger partial charge in [-0.05, 0) is 42.2 Å². The molecular formula is C17H16N6S. The molecule has 0 aliphatic rings. The highest BCUT2D eigenvalue weighted by Crippen LogP contribution is 2.37. The van der Waals surface area contributed by atoms with Crippen LogP contribution in [0.25, 0.3) is 20.4 Å². The number of hydrazine groups is 1. The van der Waals surface area contributed by atoms with E-state index in [2.05, 4.69) is 58.9 Å². The molecule has 0 saturated heterocycles. The summed E-state index contributed by atoms with van der Waals surface area (Å²) in [5.74, 6) is 6.08. The van der Waals surface area contributed by atoms with Gasteiger partial charge in [0.2, 0.25) is 0 Å². The highest BCUT2D eigenvalue weighted by molar-refractivity contribution is 7.26. The number of nitrogens with one attached hydrogen (secondary N) is 1. The smallest absolute Gasteiger partial charge is 0.184 e. The Bertz CT molecular complexity index is 1040. The Morgan fingerprint density at radius 2 is 1.92 bits per heavy atom. The summed E-state index contributed by atoms with van der Waals surface area (Å²) in [4.78, 5) is 5.74. The summed E-state index contributed by atoms with van der Waals surface area (Å²) in [5, 5.41) is 13.0. The van der Waals surface area contributed by atoms with E-state index in [1.165, 1.54) is 28.0 Å². The summed E-state index contributed by atoms with van der Waals surface area (Å²) in [6, 6.07) is 10.4. The van der Waals surface area contributed by atoms with Crippen molar-refractivity contribution in [2.24, 2.45) is 5.84 Å². The first-order chi connectivity index (χ1) is 11.7. The number of hydrogen-bond donors (Lipinski definition) is 2. The number of fused-ring (bicyclic) bond motifs is 3. The Morgan fingerprint density at radius 1 is 1.12 bits per heavy atom. The summed E-state index contributed by atoms with van der Waals surface area (Å²) in [7, 11) is 0. The Hall–Kier alpha value is -2.64. The van der Waals surface area contributed by atoms with Crippen molar-refractivity contribution in [1.82, 2.24) is 20.4 Å². The van der Waals surface area contributed by atoms with Crippen molar-refractivity contribution in [1.29, 1.82) is 0 Å². The van der Waals surface area contributed by atoms with Gasteiger partial charge in [0.25, 0.3) is 0 Å². The van der Waals surface area contributed by atoms with Gasteiger partial charge in [0, 0.05) is 11.1 Å². The summed E-state index contributed by atoms with van der Waals surface area (Å²) in [6.45, 7) is 4.18. The van der Waals surface area contributed by atoms with Crippen LogP contribution in [0.4, 0.5) is 5.82 Å². The second kappa shape index (κ2) is 5.77. The van der Waals surface area contributed by atoms with Crippen LogP contribution in [0.5, 0.6) is 0 Å². The Kier molecular flexibility index (Phi) is 3.59. The van der Waals surface area contributed by atoms with E-state index in [0.717, 1.165) is 32.5 Å². The summed E-state index contributed by atoms with van der Waals surface area (Å²) in [5.41, 5.74) is 8.12. The van der Waals surface area contributed by atoms with Crippen molar-refractivity contribution >= 4 is 37.6 Å². The van der Waals surface area contributed by atoms with Crippen LogP contribution in [0.3, 0.4) is 0 Å². The zero-order valence-electron chi connectivity index (χ0n) is 13.4. The number of nitrogens with zero attached hydrogens (tertiary/aromatic N) is 4.